The van der Waals surface area contributed by atoms with E-state index in [9.17, 15) is 22.4 Å². The van der Waals surface area contributed by atoms with Crippen molar-refractivity contribution in [3.8, 4) is 0 Å². The molecule has 1 aromatic carbocycles. The van der Waals surface area contributed by atoms with Crippen molar-refractivity contribution in [2.75, 3.05) is 19.6 Å². The molecule has 1 atom stereocenters. The highest BCUT2D eigenvalue weighted by Gasteiger charge is 2.30. The molecule has 2 N–H and O–H groups in total. The molecular formula is C27H38FN5O4S. The minimum absolute atomic E-state index is 0.0901. The van der Waals surface area contributed by atoms with Gasteiger partial charge >= 0.3 is 0 Å². The van der Waals surface area contributed by atoms with E-state index in [1.807, 2.05) is 4.68 Å². The lowest BCUT2D eigenvalue weighted by Crippen LogP contribution is -2.40. The van der Waals surface area contributed by atoms with Crippen molar-refractivity contribution in [3.63, 3.8) is 0 Å². The Morgan fingerprint density at radius 2 is 1.84 bits per heavy atom. The standard InChI is InChI=1S/C27H38FN5O4S/c1-19(2)12-16-33-24-11-10-22-17-23(24)26(31-33)27(35)29-13-4-15-32(14-3-5-25(34)30-22)38(36,37)18-20-6-8-21(28)9-7-20/h6-9,19,22H,3-5,10-18H2,1-2H3,(H,29,35)(H,30,34). The largest absolute Gasteiger partial charge is 0.353 e. The van der Waals surface area contributed by atoms with E-state index in [4.69, 9.17) is 0 Å². The Labute approximate surface area is 224 Å². The first-order valence-electron chi connectivity index (χ1n) is 13.5. The Hall–Kier alpha value is -2.79. The molecule has 0 radical (unpaired) electrons. The van der Waals surface area contributed by atoms with Crippen molar-refractivity contribution >= 4 is 21.8 Å². The minimum atomic E-state index is -3.71. The minimum Gasteiger partial charge on any atom is -0.353 e. The summed E-state index contributed by atoms with van der Waals surface area (Å²) < 4.78 is 43.0. The van der Waals surface area contributed by atoms with E-state index in [0.717, 1.165) is 37.1 Å². The summed E-state index contributed by atoms with van der Waals surface area (Å²) in [5, 5.41) is 10.7. The Kier molecular flexibility index (Phi) is 9.19. The summed E-state index contributed by atoms with van der Waals surface area (Å²) in [6.07, 6.45) is 4.04. The molecule has 38 heavy (non-hydrogen) atoms. The van der Waals surface area contributed by atoms with Gasteiger partial charge in [-0.1, -0.05) is 26.0 Å². The molecule has 2 bridgehead atoms. The zero-order chi connectivity index (χ0) is 27.3. The number of nitrogens with one attached hydrogen (secondary N) is 2. The Morgan fingerprint density at radius 1 is 1.11 bits per heavy atom. The first kappa shape index (κ1) is 28.2. The molecule has 0 spiro atoms. The first-order chi connectivity index (χ1) is 18.1. The highest BCUT2D eigenvalue weighted by atomic mass is 32.2. The molecule has 11 heteroatoms. The molecular weight excluding hydrogens is 509 g/mol. The number of sulfonamides is 1. The third-order valence-electron chi connectivity index (χ3n) is 7.18. The second kappa shape index (κ2) is 12.4. The van der Waals surface area contributed by atoms with E-state index >= 15 is 0 Å². The van der Waals surface area contributed by atoms with Crippen LogP contribution in [0.15, 0.2) is 24.3 Å². The number of halogens is 1. The van der Waals surface area contributed by atoms with Gasteiger partial charge < -0.3 is 10.6 Å². The number of nitrogens with zero attached hydrogens (tertiary/aromatic N) is 3. The van der Waals surface area contributed by atoms with Gasteiger partial charge in [-0.05, 0) is 62.1 Å². The number of fused-ring (bicyclic) bond motifs is 1. The van der Waals surface area contributed by atoms with Crippen LogP contribution in [0, 0.1) is 11.7 Å². The van der Waals surface area contributed by atoms with Crippen LogP contribution in [0.3, 0.4) is 0 Å². The van der Waals surface area contributed by atoms with E-state index in [2.05, 4.69) is 29.6 Å². The number of carbonyl (C=O) groups excluding carboxylic acids is 2. The zero-order valence-corrected chi connectivity index (χ0v) is 23.0. The quantitative estimate of drug-likeness (QED) is 0.578. The smallest absolute Gasteiger partial charge is 0.272 e. The fourth-order valence-corrected chi connectivity index (χ4v) is 6.70. The molecule has 0 saturated carbocycles. The molecule has 0 fully saturated rings. The highest BCUT2D eigenvalue weighted by Crippen LogP contribution is 2.26. The van der Waals surface area contributed by atoms with Crippen LogP contribution in [0.25, 0.3) is 0 Å². The average molecular weight is 548 g/mol. The summed E-state index contributed by atoms with van der Waals surface area (Å²) in [5.74, 6) is -0.567. The predicted octanol–water partition coefficient (Wildman–Crippen LogP) is 2.79. The number of rotatable bonds is 6. The molecule has 1 unspecified atom stereocenters. The molecule has 2 heterocycles. The molecule has 4 rings (SSSR count). The number of carbonyl (C=O) groups is 2. The molecule has 1 aliphatic heterocycles. The second-order valence-corrected chi connectivity index (χ2v) is 12.7. The Balaban J connectivity index is 1.51. The lowest BCUT2D eigenvalue weighted by molar-refractivity contribution is -0.122. The van der Waals surface area contributed by atoms with Gasteiger partial charge in [-0.25, -0.2) is 17.1 Å². The molecule has 1 aliphatic carbocycles. The first-order valence-corrected chi connectivity index (χ1v) is 15.1. The van der Waals surface area contributed by atoms with E-state index in [1.54, 1.807) is 0 Å². The molecule has 2 amide bonds. The number of amides is 2. The summed E-state index contributed by atoms with van der Waals surface area (Å²) >= 11 is 0. The SMILES string of the molecule is CC(C)CCn1nc2c3c1CCC(C3)NC(=O)CCCN(S(=O)(=O)Cc1ccc(F)cc1)CCCNC2=O. The molecule has 1 aromatic heterocycles. The second-order valence-electron chi connectivity index (χ2n) is 10.7. The van der Waals surface area contributed by atoms with Gasteiger partial charge in [0, 0.05) is 49.9 Å². The normalized spacial score (nSPS) is 19.9. The van der Waals surface area contributed by atoms with Crippen LogP contribution in [0.4, 0.5) is 4.39 Å². The van der Waals surface area contributed by atoms with E-state index in [0.29, 0.717) is 43.0 Å². The summed E-state index contributed by atoms with van der Waals surface area (Å²) in [7, 11) is -3.71. The molecule has 2 aromatic rings. The fourth-order valence-electron chi connectivity index (χ4n) is 5.09. The Bertz CT molecular complexity index is 1240. The maximum Gasteiger partial charge on any atom is 0.272 e. The van der Waals surface area contributed by atoms with Crippen molar-refractivity contribution in [2.24, 2.45) is 5.92 Å². The van der Waals surface area contributed by atoms with Crippen LogP contribution in [0.5, 0.6) is 0 Å². The topological polar surface area (TPSA) is 113 Å². The number of hydrogen-bond donors (Lipinski definition) is 2. The molecule has 2 aliphatic rings. The summed E-state index contributed by atoms with van der Waals surface area (Å²) in [6, 6.07) is 5.31. The summed E-state index contributed by atoms with van der Waals surface area (Å²) in [6.45, 7) is 5.75. The predicted molar refractivity (Wildman–Crippen MR) is 142 cm³/mol. The van der Waals surface area contributed by atoms with Crippen LogP contribution in [-0.2, 0) is 40.0 Å². The van der Waals surface area contributed by atoms with E-state index in [-0.39, 0.29) is 43.1 Å². The average Bonchev–Trinajstić information content (AvgIpc) is 3.22. The monoisotopic (exact) mass is 547 g/mol. The van der Waals surface area contributed by atoms with Crippen molar-refractivity contribution < 1.29 is 22.4 Å². The lowest BCUT2D eigenvalue weighted by Gasteiger charge is -2.25. The van der Waals surface area contributed by atoms with Crippen molar-refractivity contribution in [1.82, 2.24) is 24.7 Å². The number of hydrogen-bond acceptors (Lipinski definition) is 5. The van der Waals surface area contributed by atoms with Gasteiger partial charge in [0.25, 0.3) is 5.91 Å². The molecule has 9 nitrogen and oxygen atoms in total. The van der Waals surface area contributed by atoms with E-state index in [1.165, 1.54) is 28.6 Å². The molecule has 208 valence electrons. The van der Waals surface area contributed by atoms with Gasteiger partial charge in [0.15, 0.2) is 5.69 Å². The van der Waals surface area contributed by atoms with Gasteiger partial charge in [-0.3, -0.25) is 14.3 Å². The van der Waals surface area contributed by atoms with Crippen molar-refractivity contribution in [2.45, 2.75) is 77.1 Å². The van der Waals surface area contributed by atoms with E-state index < -0.39 is 15.8 Å². The summed E-state index contributed by atoms with van der Waals surface area (Å²) in [5.41, 5.74) is 2.87. The van der Waals surface area contributed by atoms with Crippen molar-refractivity contribution in [3.05, 3.63) is 52.6 Å². The molecule has 0 saturated heterocycles. The van der Waals surface area contributed by atoms with Gasteiger partial charge in [0.2, 0.25) is 15.9 Å². The van der Waals surface area contributed by atoms with Gasteiger partial charge in [0.1, 0.15) is 5.82 Å². The fraction of sp³-hybridized carbons (Fsp3) is 0.593. The van der Waals surface area contributed by atoms with Gasteiger partial charge in [-0.15, -0.1) is 0 Å². The highest BCUT2D eigenvalue weighted by molar-refractivity contribution is 7.88. The number of benzene rings is 1. The Morgan fingerprint density at radius 3 is 2.58 bits per heavy atom. The van der Waals surface area contributed by atoms with Crippen LogP contribution in [-0.4, -0.2) is 60.0 Å². The van der Waals surface area contributed by atoms with Crippen molar-refractivity contribution in [1.29, 1.82) is 0 Å². The van der Waals surface area contributed by atoms with Crippen LogP contribution in [0.2, 0.25) is 0 Å². The van der Waals surface area contributed by atoms with Crippen LogP contribution < -0.4 is 10.6 Å². The number of aromatic nitrogens is 2. The van der Waals surface area contributed by atoms with Gasteiger partial charge in [0.05, 0.1) is 5.75 Å². The summed E-state index contributed by atoms with van der Waals surface area (Å²) in [4.78, 5) is 25.9. The third-order valence-corrected chi connectivity index (χ3v) is 9.03. The van der Waals surface area contributed by atoms with Crippen LogP contribution in [0.1, 0.15) is 73.3 Å². The van der Waals surface area contributed by atoms with Crippen LogP contribution >= 0.6 is 0 Å². The van der Waals surface area contributed by atoms with Gasteiger partial charge in [-0.2, -0.15) is 5.10 Å². The maximum absolute atomic E-state index is 13.3. The number of aryl methyl sites for hydroxylation is 1. The lowest BCUT2D eigenvalue weighted by atomic mass is 9.91. The maximum atomic E-state index is 13.3. The third kappa shape index (κ3) is 7.19. The zero-order valence-electron chi connectivity index (χ0n) is 22.2.